The number of unbranched alkanes of at least 4 members (excludes halogenated alkanes) is 1. The molecule has 0 spiro atoms. The summed E-state index contributed by atoms with van der Waals surface area (Å²) in [6.07, 6.45) is 11.2. The first-order chi connectivity index (χ1) is 7.72. The van der Waals surface area contributed by atoms with Crippen LogP contribution in [0.1, 0.15) is 71.6 Å². The molecule has 16 heavy (non-hydrogen) atoms. The zero-order chi connectivity index (χ0) is 11.8. The van der Waals surface area contributed by atoms with E-state index in [1.54, 1.807) is 0 Å². The van der Waals surface area contributed by atoms with Gasteiger partial charge in [0.25, 0.3) is 0 Å². The Hall–Kier alpha value is -0.0800. The second-order valence-electron chi connectivity index (χ2n) is 5.47. The highest BCUT2D eigenvalue weighted by Crippen LogP contribution is 2.27. The van der Waals surface area contributed by atoms with Gasteiger partial charge in [-0.25, -0.2) is 0 Å². The van der Waals surface area contributed by atoms with Crippen molar-refractivity contribution in [1.29, 1.82) is 0 Å². The minimum atomic E-state index is -0.293. The Labute approximate surface area is 101 Å². The molecule has 0 aromatic carbocycles. The zero-order valence-corrected chi connectivity index (χ0v) is 11.0. The third kappa shape index (κ3) is 5.86. The van der Waals surface area contributed by atoms with E-state index < -0.39 is 0 Å². The molecule has 2 nitrogen and oxygen atoms in total. The maximum atomic E-state index is 9.77. The lowest BCUT2D eigenvalue weighted by atomic mass is 9.85. The van der Waals surface area contributed by atoms with Crippen molar-refractivity contribution in [3.05, 3.63) is 0 Å². The summed E-state index contributed by atoms with van der Waals surface area (Å²) in [7, 11) is 0. The quantitative estimate of drug-likeness (QED) is 0.653. The second kappa shape index (κ2) is 8.08. The van der Waals surface area contributed by atoms with Crippen LogP contribution in [0.25, 0.3) is 0 Å². The highest BCUT2D eigenvalue weighted by atomic mass is 16.3. The van der Waals surface area contributed by atoms with Crippen LogP contribution in [0.4, 0.5) is 0 Å². The molecule has 96 valence electrons. The van der Waals surface area contributed by atoms with Crippen molar-refractivity contribution >= 4 is 0 Å². The molecule has 0 radical (unpaired) electrons. The molecule has 0 heterocycles. The molecule has 1 rings (SSSR count). The van der Waals surface area contributed by atoms with Crippen LogP contribution in [0.5, 0.6) is 0 Å². The van der Waals surface area contributed by atoms with Crippen LogP contribution in [0.15, 0.2) is 0 Å². The van der Waals surface area contributed by atoms with E-state index in [4.69, 9.17) is 0 Å². The van der Waals surface area contributed by atoms with Crippen molar-refractivity contribution < 1.29 is 5.11 Å². The van der Waals surface area contributed by atoms with Crippen molar-refractivity contribution in [2.75, 3.05) is 0 Å². The van der Waals surface area contributed by atoms with Gasteiger partial charge >= 0.3 is 0 Å². The number of nitrogens with one attached hydrogen (secondary N) is 1. The Morgan fingerprint density at radius 2 is 1.94 bits per heavy atom. The fourth-order valence-corrected chi connectivity index (χ4v) is 2.80. The normalized spacial score (nSPS) is 21.9. The van der Waals surface area contributed by atoms with Crippen LogP contribution in [-0.4, -0.2) is 17.4 Å². The molecule has 0 aliphatic heterocycles. The summed E-state index contributed by atoms with van der Waals surface area (Å²) in [6.45, 7) is 4.38. The molecule has 0 amide bonds. The molecule has 0 saturated heterocycles. The molecule has 2 N–H and O–H groups in total. The van der Waals surface area contributed by atoms with Crippen LogP contribution < -0.4 is 5.32 Å². The largest absolute Gasteiger partial charge is 0.379 e. The molecule has 0 aromatic heterocycles. The standard InChI is InChI=1S/C14H29NO/c1-3-4-10-14(16)15-12(2)11-13-8-6-5-7-9-13/h12-16H,3-11H2,1-2H3/t12-,14?/m1/s1. The summed E-state index contributed by atoms with van der Waals surface area (Å²) in [5.41, 5.74) is 0. The summed E-state index contributed by atoms with van der Waals surface area (Å²) in [5, 5.41) is 13.1. The predicted octanol–water partition coefficient (Wildman–Crippen LogP) is 3.44. The van der Waals surface area contributed by atoms with E-state index in [9.17, 15) is 5.11 Å². The molecule has 1 saturated carbocycles. The average Bonchev–Trinajstić information content (AvgIpc) is 2.27. The van der Waals surface area contributed by atoms with E-state index in [0.717, 1.165) is 25.2 Å². The number of aliphatic hydroxyl groups excluding tert-OH is 1. The first kappa shape index (κ1) is 14.0. The van der Waals surface area contributed by atoms with Crippen LogP contribution in [0.2, 0.25) is 0 Å². The smallest absolute Gasteiger partial charge is 0.105 e. The van der Waals surface area contributed by atoms with Crippen LogP contribution >= 0.6 is 0 Å². The molecule has 1 unspecified atom stereocenters. The maximum absolute atomic E-state index is 9.77. The molecule has 2 atom stereocenters. The van der Waals surface area contributed by atoms with E-state index in [0.29, 0.717) is 6.04 Å². The van der Waals surface area contributed by atoms with E-state index >= 15 is 0 Å². The van der Waals surface area contributed by atoms with Gasteiger partial charge in [0.15, 0.2) is 0 Å². The fourth-order valence-electron chi connectivity index (χ4n) is 2.80. The van der Waals surface area contributed by atoms with Crippen molar-refractivity contribution in [3.63, 3.8) is 0 Å². The molecule has 0 bridgehead atoms. The second-order valence-corrected chi connectivity index (χ2v) is 5.47. The van der Waals surface area contributed by atoms with Gasteiger partial charge in [-0.2, -0.15) is 0 Å². The Morgan fingerprint density at radius 1 is 1.25 bits per heavy atom. The van der Waals surface area contributed by atoms with Gasteiger partial charge in [-0.15, -0.1) is 0 Å². The highest BCUT2D eigenvalue weighted by Gasteiger charge is 2.17. The molecule has 1 aliphatic carbocycles. The van der Waals surface area contributed by atoms with Crippen molar-refractivity contribution in [2.45, 2.75) is 83.9 Å². The van der Waals surface area contributed by atoms with Gasteiger partial charge in [-0.1, -0.05) is 45.4 Å². The van der Waals surface area contributed by atoms with Gasteiger partial charge in [0.05, 0.1) is 0 Å². The van der Waals surface area contributed by atoms with E-state index in [1.165, 1.54) is 38.5 Å². The number of rotatable bonds is 7. The van der Waals surface area contributed by atoms with Crippen molar-refractivity contribution in [1.82, 2.24) is 5.32 Å². The summed E-state index contributed by atoms with van der Waals surface area (Å²) in [4.78, 5) is 0. The molecular weight excluding hydrogens is 198 g/mol. The Balaban J connectivity index is 2.11. The minimum absolute atomic E-state index is 0.293. The molecule has 2 heteroatoms. The first-order valence-corrected chi connectivity index (χ1v) is 7.16. The summed E-state index contributed by atoms with van der Waals surface area (Å²) in [5.74, 6) is 0.898. The minimum Gasteiger partial charge on any atom is -0.379 e. The SMILES string of the molecule is CCCCC(O)N[C@H](C)CC1CCCCC1. The van der Waals surface area contributed by atoms with Gasteiger partial charge in [-0.05, 0) is 32.1 Å². The fraction of sp³-hybridized carbons (Fsp3) is 1.00. The lowest BCUT2D eigenvalue weighted by molar-refractivity contribution is 0.106. The summed E-state index contributed by atoms with van der Waals surface area (Å²) in [6, 6.07) is 0.468. The van der Waals surface area contributed by atoms with Gasteiger partial charge < -0.3 is 5.11 Å². The van der Waals surface area contributed by atoms with E-state index in [1.807, 2.05) is 0 Å². The number of aliphatic hydroxyl groups is 1. The number of hydrogen-bond acceptors (Lipinski definition) is 2. The van der Waals surface area contributed by atoms with Gasteiger partial charge in [0.2, 0.25) is 0 Å². The van der Waals surface area contributed by atoms with Crippen molar-refractivity contribution in [2.24, 2.45) is 5.92 Å². The topological polar surface area (TPSA) is 32.3 Å². The van der Waals surface area contributed by atoms with Gasteiger partial charge in [-0.3, -0.25) is 5.32 Å². The molecule has 1 aliphatic rings. The number of hydrogen-bond donors (Lipinski definition) is 2. The maximum Gasteiger partial charge on any atom is 0.105 e. The summed E-state index contributed by atoms with van der Waals surface area (Å²) >= 11 is 0. The Morgan fingerprint density at radius 3 is 2.56 bits per heavy atom. The van der Waals surface area contributed by atoms with E-state index in [2.05, 4.69) is 19.2 Å². The first-order valence-electron chi connectivity index (χ1n) is 7.16. The van der Waals surface area contributed by atoms with Crippen molar-refractivity contribution in [3.8, 4) is 0 Å². The Bertz CT molecular complexity index is 166. The summed E-state index contributed by atoms with van der Waals surface area (Å²) < 4.78 is 0. The van der Waals surface area contributed by atoms with Crippen LogP contribution in [0, 0.1) is 5.92 Å². The lowest BCUT2D eigenvalue weighted by Crippen LogP contribution is -2.37. The monoisotopic (exact) mass is 227 g/mol. The third-order valence-electron chi connectivity index (χ3n) is 3.72. The molecule has 1 fully saturated rings. The Kier molecular flexibility index (Phi) is 7.06. The highest BCUT2D eigenvalue weighted by molar-refractivity contribution is 4.72. The van der Waals surface area contributed by atoms with Crippen LogP contribution in [0.3, 0.4) is 0 Å². The average molecular weight is 227 g/mol. The predicted molar refractivity (Wildman–Crippen MR) is 69.3 cm³/mol. The van der Waals surface area contributed by atoms with Gasteiger partial charge in [0, 0.05) is 6.04 Å². The lowest BCUT2D eigenvalue weighted by Gasteiger charge is -2.26. The molecular formula is C14H29NO. The van der Waals surface area contributed by atoms with Crippen LogP contribution in [-0.2, 0) is 0 Å². The molecule has 0 aromatic rings. The van der Waals surface area contributed by atoms with Gasteiger partial charge in [0.1, 0.15) is 6.23 Å². The third-order valence-corrected chi connectivity index (χ3v) is 3.72. The zero-order valence-electron chi connectivity index (χ0n) is 11.0. The van der Waals surface area contributed by atoms with E-state index in [-0.39, 0.29) is 6.23 Å².